The Morgan fingerprint density at radius 3 is 2.48 bits per heavy atom. The Balaban J connectivity index is 1.98. The lowest BCUT2D eigenvalue weighted by Crippen LogP contribution is -2.41. The quantitative estimate of drug-likeness (QED) is 0.285. The van der Waals surface area contributed by atoms with Crippen molar-refractivity contribution in [2.24, 2.45) is 0 Å². The number of rotatable bonds is 7. The average molecular weight is 458 g/mol. The van der Waals surface area contributed by atoms with Gasteiger partial charge in [-0.25, -0.2) is 9.59 Å². The van der Waals surface area contributed by atoms with E-state index in [1.807, 2.05) is 0 Å². The summed E-state index contributed by atoms with van der Waals surface area (Å²) in [6.45, 7) is 1.47. The number of carbonyl (C=O) groups is 3. The number of amides is 1. The zero-order chi connectivity index (χ0) is 24.1. The minimum absolute atomic E-state index is 0.0533. The van der Waals surface area contributed by atoms with E-state index in [2.05, 4.69) is 0 Å². The second-order valence-corrected chi connectivity index (χ2v) is 7.15. The minimum Gasteiger partial charge on any atom is -0.493 e. The van der Waals surface area contributed by atoms with Crippen LogP contribution in [0, 0.1) is 10.1 Å². The topological polar surface area (TPSA) is 146 Å². The Hall–Kier alpha value is -3.99. The summed E-state index contributed by atoms with van der Waals surface area (Å²) in [4.78, 5) is 49.8. The molecule has 2 aromatic carbocycles. The molecule has 11 nitrogen and oxygen atoms in total. The van der Waals surface area contributed by atoms with Crippen LogP contribution in [0.4, 0.5) is 5.69 Å². The molecule has 0 unspecified atom stereocenters. The van der Waals surface area contributed by atoms with Gasteiger partial charge in [0.1, 0.15) is 11.6 Å². The molecule has 1 aliphatic heterocycles. The normalized spacial score (nSPS) is 17.4. The summed E-state index contributed by atoms with van der Waals surface area (Å²) in [7, 11) is 1.25. The van der Waals surface area contributed by atoms with Gasteiger partial charge in [-0.15, -0.1) is 0 Å². The predicted octanol–water partition coefficient (Wildman–Crippen LogP) is 1.96. The van der Waals surface area contributed by atoms with Gasteiger partial charge in [-0.1, -0.05) is 18.2 Å². The summed E-state index contributed by atoms with van der Waals surface area (Å²) < 4.78 is 15.4. The highest BCUT2D eigenvalue weighted by molar-refractivity contribution is 6.01. The molecule has 1 heterocycles. The molecule has 0 aromatic heterocycles. The van der Waals surface area contributed by atoms with E-state index in [4.69, 9.17) is 14.2 Å². The molecule has 2 aromatic rings. The van der Waals surface area contributed by atoms with E-state index < -0.39 is 40.6 Å². The minimum atomic E-state index is -1.09. The van der Waals surface area contributed by atoms with Gasteiger partial charge in [0.25, 0.3) is 11.6 Å². The number of aliphatic hydroxyl groups is 1. The van der Waals surface area contributed by atoms with Crippen molar-refractivity contribution in [1.82, 2.24) is 4.90 Å². The Morgan fingerprint density at radius 2 is 1.88 bits per heavy atom. The largest absolute Gasteiger partial charge is 0.493 e. The van der Waals surface area contributed by atoms with Gasteiger partial charge in [0.05, 0.1) is 36.4 Å². The predicted molar refractivity (Wildman–Crippen MR) is 113 cm³/mol. The first-order valence-electron chi connectivity index (χ1n) is 10.1. The molecular formula is C22H22N2O9. The number of nitrogens with zero attached hydrogens (tertiary/aromatic N) is 2. The van der Waals surface area contributed by atoms with Gasteiger partial charge in [0, 0.05) is 19.0 Å². The van der Waals surface area contributed by atoms with Crippen LogP contribution in [-0.2, 0) is 9.53 Å². The van der Waals surface area contributed by atoms with Crippen molar-refractivity contribution in [3.63, 3.8) is 0 Å². The lowest BCUT2D eigenvalue weighted by molar-refractivity contribution is -0.385. The molecule has 1 fully saturated rings. The SMILES string of the molecule is CCOC(=O)[C@@H]1C[C@@H](O)CN1C(=O)c1cc(OC)c(OC(=O)c2ccccc2)cc1[N+](=O)[O-]. The van der Waals surface area contributed by atoms with Gasteiger partial charge in [-0.2, -0.15) is 0 Å². The summed E-state index contributed by atoms with van der Waals surface area (Å²) >= 11 is 0. The van der Waals surface area contributed by atoms with E-state index in [1.54, 1.807) is 25.1 Å². The second kappa shape index (κ2) is 10.1. The van der Waals surface area contributed by atoms with E-state index in [-0.39, 0.29) is 42.2 Å². The van der Waals surface area contributed by atoms with Crippen LogP contribution >= 0.6 is 0 Å². The first-order chi connectivity index (χ1) is 15.8. The van der Waals surface area contributed by atoms with Crippen LogP contribution in [0.15, 0.2) is 42.5 Å². The van der Waals surface area contributed by atoms with E-state index >= 15 is 0 Å². The molecule has 33 heavy (non-hydrogen) atoms. The molecule has 0 spiro atoms. The smallest absolute Gasteiger partial charge is 0.343 e. The number of esters is 2. The maximum Gasteiger partial charge on any atom is 0.343 e. The maximum atomic E-state index is 13.2. The van der Waals surface area contributed by atoms with Crippen molar-refractivity contribution in [1.29, 1.82) is 0 Å². The molecule has 0 bridgehead atoms. The van der Waals surface area contributed by atoms with Crippen molar-refractivity contribution in [2.45, 2.75) is 25.5 Å². The molecule has 0 saturated carbocycles. The van der Waals surface area contributed by atoms with Crippen LogP contribution in [0.3, 0.4) is 0 Å². The molecule has 0 radical (unpaired) electrons. The monoisotopic (exact) mass is 458 g/mol. The van der Waals surface area contributed by atoms with Gasteiger partial charge >= 0.3 is 11.9 Å². The van der Waals surface area contributed by atoms with Gasteiger partial charge in [-0.05, 0) is 19.1 Å². The van der Waals surface area contributed by atoms with Crippen molar-refractivity contribution in [3.8, 4) is 11.5 Å². The first-order valence-corrected chi connectivity index (χ1v) is 10.1. The summed E-state index contributed by atoms with van der Waals surface area (Å²) in [6, 6.07) is 8.88. The average Bonchev–Trinajstić information content (AvgIpc) is 3.20. The fourth-order valence-electron chi connectivity index (χ4n) is 3.50. The van der Waals surface area contributed by atoms with Crippen LogP contribution in [-0.4, -0.2) is 65.2 Å². The molecule has 11 heteroatoms. The number of nitro groups is 1. The third kappa shape index (κ3) is 5.09. The maximum absolute atomic E-state index is 13.2. The van der Waals surface area contributed by atoms with Crippen LogP contribution in [0.2, 0.25) is 0 Å². The zero-order valence-electron chi connectivity index (χ0n) is 17.9. The number of β-amino-alcohol motifs (C(OH)–C–C–N with tert-alkyl or cyclic N) is 1. The van der Waals surface area contributed by atoms with Crippen molar-refractivity contribution >= 4 is 23.5 Å². The molecule has 1 amide bonds. The Bertz CT molecular complexity index is 1070. The fourth-order valence-corrected chi connectivity index (χ4v) is 3.50. The van der Waals surface area contributed by atoms with Crippen molar-refractivity contribution in [2.75, 3.05) is 20.3 Å². The third-order valence-corrected chi connectivity index (χ3v) is 5.02. The molecule has 1 N–H and O–H groups in total. The van der Waals surface area contributed by atoms with Crippen LogP contribution in [0.25, 0.3) is 0 Å². The summed E-state index contributed by atoms with van der Waals surface area (Å²) in [5.74, 6) is -2.70. The Kier molecular flexibility index (Phi) is 7.23. The summed E-state index contributed by atoms with van der Waals surface area (Å²) in [5, 5.41) is 21.7. The van der Waals surface area contributed by atoms with Gasteiger partial charge in [-0.3, -0.25) is 14.9 Å². The van der Waals surface area contributed by atoms with E-state index in [0.717, 1.165) is 17.0 Å². The van der Waals surface area contributed by atoms with E-state index in [1.165, 1.54) is 19.2 Å². The summed E-state index contributed by atoms with van der Waals surface area (Å²) in [6.07, 6.45) is -1.04. The lowest BCUT2D eigenvalue weighted by Gasteiger charge is -2.23. The third-order valence-electron chi connectivity index (χ3n) is 5.02. The molecule has 174 valence electrons. The van der Waals surface area contributed by atoms with Gasteiger partial charge < -0.3 is 24.2 Å². The summed E-state index contributed by atoms with van der Waals surface area (Å²) in [5.41, 5.74) is -0.828. The Morgan fingerprint density at radius 1 is 1.18 bits per heavy atom. The lowest BCUT2D eigenvalue weighted by atomic mass is 10.1. The van der Waals surface area contributed by atoms with Gasteiger partial charge in [0.15, 0.2) is 11.5 Å². The highest BCUT2D eigenvalue weighted by Crippen LogP contribution is 2.37. The highest BCUT2D eigenvalue weighted by Gasteiger charge is 2.42. The standard InChI is InChI=1S/C22H22N2O9/c1-3-32-22(28)17-9-14(25)12-23(17)20(26)15-10-18(31-2)19(11-16(15)24(29)30)33-21(27)13-7-5-4-6-8-13/h4-8,10-11,14,17,25H,3,9,12H2,1-2H3/t14-,17+/m1/s1. The number of aliphatic hydroxyl groups excluding tert-OH is 1. The number of methoxy groups -OCH3 is 1. The van der Waals surface area contributed by atoms with Crippen molar-refractivity contribution < 1.29 is 38.6 Å². The van der Waals surface area contributed by atoms with Crippen LogP contribution < -0.4 is 9.47 Å². The molecule has 1 saturated heterocycles. The zero-order valence-corrected chi connectivity index (χ0v) is 17.9. The molecule has 2 atom stereocenters. The van der Waals surface area contributed by atoms with E-state index in [0.29, 0.717) is 0 Å². The number of likely N-dealkylation sites (tertiary alicyclic amines) is 1. The number of hydrogen-bond donors (Lipinski definition) is 1. The first kappa shape index (κ1) is 23.7. The fraction of sp³-hybridized carbons (Fsp3) is 0.318. The molecule has 1 aliphatic rings. The molecule has 0 aliphatic carbocycles. The number of nitro benzene ring substituents is 1. The molecular weight excluding hydrogens is 436 g/mol. The van der Waals surface area contributed by atoms with Crippen molar-refractivity contribution in [3.05, 3.63) is 63.7 Å². The van der Waals surface area contributed by atoms with E-state index in [9.17, 15) is 29.6 Å². The molecule has 3 rings (SSSR count). The number of hydrogen-bond acceptors (Lipinski definition) is 9. The highest BCUT2D eigenvalue weighted by atomic mass is 16.6. The second-order valence-electron chi connectivity index (χ2n) is 7.15. The number of carbonyl (C=O) groups excluding carboxylic acids is 3. The number of benzene rings is 2. The number of ether oxygens (including phenoxy) is 3. The Labute approximate surface area is 188 Å². The van der Waals surface area contributed by atoms with Crippen LogP contribution in [0.5, 0.6) is 11.5 Å². The van der Waals surface area contributed by atoms with Crippen LogP contribution in [0.1, 0.15) is 34.1 Å². The van der Waals surface area contributed by atoms with Gasteiger partial charge in [0.2, 0.25) is 0 Å².